The van der Waals surface area contributed by atoms with Gasteiger partial charge in [-0.15, -0.1) is 0 Å². The molecule has 1 saturated carbocycles. The summed E-state index contributed by atoms with van der Waals surface area (Å²) in [6.45, 7) is 6.48. The van der Waals surface area contributed by atoms with Crippen LogP contribution in [0.3, 0.4) is 0 Å². The van der Waals surface area contributed by atoms with Gasteiger partial charge in [0.25, 0.3) is 0 Å². The van der Waals surface area contributed by atoms with Gasteiger partial charge in [0.1, 0.15) is 0 Å². The second-order valence-corrected chi connectivity index (χ2v) is 5.74. The van der Waals surface area contributed by atoms with Gasteiger partial charge in [-0.1, -0.05) is 0 Å². The minimum Gasteiger partial charge on any atom is -0.356 e. The van der Waals surface area contributed by atoms with Crippen molar-refractivity contribution in [3.8, 4) is 0 Å². The fourth-order valence-corrected chi connectivity index (χ4v) is 2.49. The van der Waals surface area contributed by atoms with Gasteiger partial charge in [-0.3, -0.25) is 9.59 Å². The Morgan fingerprint density at radius 3 is 2.74 bits per heavy atom. The summed E-state index contributed by atoms with van der Waals surface area (Å²) in [5.41, 5.74) is 0. The van der Waals surface area contributed by atoms with Crippen molar-refractivity contribution in [2.45, 2.75) is 51.6 Å². The van der Waals surface area contributed by atoms with Crippen LogP contribution in [0.15, 0.2) is 0 Å². The molecule has 1 aliphatic heterocycles. The van der Waals surface area contributed by atoms with Gasteiger partial charge in [0.05, 0.1) is 0 Å². The van der Waals surface area contributed by atoms with Gasteiger partial charge in [0.2, 0.25) is 11.8 Å². The minimum absolute atomic E-state index is 0.164. The highest BCUT2D eigenvalue weighted by atomic mass is 16.2. The molecule has 19 heavy (non-hydrogen) atoms. The molecule has 0 aromatic carbocycles. The summed E-state index contributed by atoms with van der Waals surface area (Å²) in [7, 11) is 0. The monoisotopic (exact) mass is 267 g/mol. The number of hydrogen-bond donors (Lipinski definition) is 2. The number of rotatable bonds is 5. The molecule has 0 aromatic rings. The molecule has 108 valence electrons. The predicted octanol–water partition coefficient (Wildman–Crippen LogP) is 0.502. The summed E-state index contributed by atoms with van der Waals surface area (Å²) in [6, 6.07) is 0.606. The molecule has 0 spiro atoms. The van der Waals surface area contributed by atoms with Crippen molar-refractivity contribution < 1.29 is 9.59 Å². The first kappa shape index (κ1) is 14.3. The molecule has 5 nitrogen and oxygen atoms in total. The van der Waals surface area contributed by atoms with Gasteiger partial charge in [-0.05, 0) is 33.1 Å². The third-order valence-corrected chi connectivity index (χ3v) is 4.17. The SMILES string of the molecule is CC1NCCN(C(=O)CCCNC(=O)C2CC2)C1C. The van der Waals surface area contributed by atoms with E-state index in [0.29, 0.717) is 19.0 Å². The maximum absolute atomic E-state index is 12.1. The largest absolute Gasteiger partial charge is 0.356 e. The summed E-state index contributed by atoms with van der Waals surface area (Å²) in [6.07, 6.45) is 3.33. The zero-order valence-corrected chi connectivity index (χ0v) is 11.9. The van der Waals surface area contributed by atoms with E-state index in [9.17, 15) is 9.59 Å². The zero-order valence-electron chi connectivity index (χ0n) is 11.9. The molecule has 2 amide bonds. The van der Waals surface area contributed by atoms with Crippen molar-refractivity contribution >= 4 is 11.8 Å². The Bertz CT molecular complexity index is 342. The van der Waals surface area contributed by atoms with Crippen molar-refractivity contribution in [1.29, 1.82) is 0 Å². The molecule has 1 saturated heterocycles. The maximum atomic E-state index is 12.1. The van der Waals surface area contributed by atoms with E-state index in [1.54, 1.807) is 0 Å². The Kier molecular flexibility index (Phi) is 4.80. The second-order valence-electron chi connectivity index (χ2n) is 5.74. The third kappa shape index (κ3) is 3.93. The standard InChI is InChI=1S/C14H25N3O2/c1-10-11(2)17(9-8-15-10)13(18)4-3-7-16-14(19)12-5-6-12/h10-12,15H,3-9H2,1-2H3,(H,16,19). The number of nitrogens with zero attached hydrogens (tertiary/aromatic N) is 1. The first-order chi connectivity index (χ1) is 9.09. The highest BCUT2D eigenvalue weighted by molar-refractivity contribution is 5.81. The maximum Gasteiger partial charge on any atom is 0.223 e. The topological polar surface area (TPSA) is 61.4 Å². The molecule has 2 aliphatic rings. The first-order valence-corrected chi connectivity index (χ1v) is 7.40. The van der Waals surface area contributed by atoms with Gasteiger partial charge in [-0.2, -0.15) is 0 Å². The van der Waals surface area contributed by atoms with Crippen molar-refractivity contribution in [3.05, 3.63) is 0 Å². The van der Waals surface area contributed by atoms with E-state index < -0.39 is 0 Å². The normalized spacial score (nSPS) is 27.2. The van der Waals surface area contributed by atoms with Crippen molar-refractivity contribution in [1.82, 2.24) is 15.5 Å². The Morgan fingerprint density at radius 1 is 1.32 bits per heavy atom. The molecule has 5 heteroatoms. The summed E-state index contributed by atoms with van der Waals surface area (Å²) in [5.74, 6) is 0.628. The summed E-state index contributed by atoms with van der Waals surface area (Å²) < 4.78 is 0. The Balaban J connectivity index is 1.64. The Morgan fingerprint density at radius 2 is 2.05 bits per heavy atom. The summed E-state index contributed by atoms with van der Waals surface area (Å²) in [5, 5.41) is 6.27. The number of hydrogen-bond acceptors (Lipinski definition) is 3. The van der Waals surface area contributed by atoms with E-state index >= 15 is 0 Å². The molecule has 2 atom stereocenters. The van der Waals surface area contributed by atoms with Crippen LogP contribution in [0.1, 0.15) is 39.5 Å². The fourth-order valence-electron chi connectivity index (χ4n) is 2.49. The molecule has 2 rings (SSSR count). The lowest BCUT2D eigenvalue weighted by Crippen LogP contribution is -2.57. The molecule has 0 bridgehead atoms. The van der Waals surface area contributed by atoms with Crippen LogP contribution in [0.4, 0.5) is 0 Å². The highest BCUT2D eigenvalue weighted by Crippen LogP contribution is 2.28. The molecule has 0 aromatic heterocycles. The van der Waals surface area contributed by atoms with E-state index in [2.05, 4.69) is 24.5 Å². The van der Waals surface area contributed by atoms with E-state index in [0.717, 1.165) is 32.4 Å². The smallest absolute Gasteiger partial charge is 0.223 e. The predicted molar refractivity (Wildman–Crippen MR) is 73.6 cm³/mol. The molecule has 2 N–H and O–H groups in total. The van der Waals surface area contributed by atoms with Gasteiger partial charge >= 0.3 is 0 Å². The number of carbonyl (C=O) groups excluding carboxylic acids is 2. The van der Waals surface area contributed by atoms with Gasteiger partial charge < -0.3 is 15.5 Å². The zero-order chi connectivity index (χ0) is 13.8. The minimum atomic E-state index is 0.164. The lowest BCUT2D eigenvalue weighted by molar-refractivity contribution is -0.135. The first-order valence-electron chi connectivity index (χ1n) is 7.40. The highest BCUT2D eigenvalue weighted by Gasteiger charge is 2.29. The molecular formula is C14H25N3O2. The van der Waals surface area contributed by atoms with E-state index in [-0.39, 0.29) is 23.8 Å². The molecule has 1 heterocycles. The van der Waals surface area contributed by atoms with Crippen LogP contribution < -0.4 is 10.6 Å². The lowest BCUT2D eigenvalue weighted by Gasteiger charge is -2.38. The van der Waals surface area contributed by atoms with Crippen molar-refractivity contribution in [2.24, 2.45) is 5.92 Å². The Labute approximate surface area is 115 Å². The number of amides is 2. The average Bonchev–Trinajstić information content (AvgIpc) is 3.21. The fraction of sp³-hybridized carbons (Fsp3) is 0.857. The van der Waals surface area contributed by atoms with Crippen LogP contribution >= 0.6 is 0 Å². The number of nitrogens with one attached hydrogen (secondary N) is 2. The second kappa shape index (κ2) is 6.37. The van der Waals surface area contributed by atoms with Gasteiger partial charge in [-0.25, -0.2) is 0 Å². The van der Waals surface area contributed by atoms with Crippen molar-refractivity contribution in [2.75, 3.05) is 19.6 Å². The van der Waals surface area contributed by atoms with E-state index in [4.69, 9.17) is 0 Å². The molecule has 1 aliphatic carbocycles. The van der Waals surface area contributed by atoms with Crippen LogP contribution in [-0.2, 0) is 9.59 Å². The molecular weight excluding hydrogens is 242 g/mol. The third-order valence-electron chi connectivity index (χ3n) is 4.17. The van der Waals surface area contributed by atoms with Crippen LogP contribution in [0.5, 0.6) is 0 Å². The van der Waals surface area contributed by atoms with E-state index in [1.165, 1.54) is 0 Å². The van der Waals surface area contributed by atoms with Crippen LogP contribution in [0.25, 0.3) is 0 Å². The average molecular weight is 267 g/mol. The summed E-state index contributed by atoms with van der Waals surface area (Å²) in [4.78, 5) is 25.5. The van der Waals surface area contributed by atoms with Crippen LogP contribution in [-0.4, -0.2) is 48.4 Å². The van der Waals surface area contributed by atoms with Crippen LogP contribution in [0, 0.1) is 5.92 Å². The number of carbonyl (C=O) groups is 2. The quantitative estimate of drug-likeness (QED) is 0.713. The van der Waals surface area contributed by atoms with Gasteiger partial charge in [0.15, 0.2) is 0 Å². The van der Waals surface area contributed by atoms with Crippen molar-refractivity contribution in [3.63, 3.8) is 0 Å². The van der Waals surface area contributed by atoms with Gasteiger partial charge in [0, 0.05) is 44.1 Å². The van der Waals surface area contributed by atoms with Crippen LogP contribution in [0.2, 0.25) is 0 Å². The molecule has 2 unspecified atom stereocenters. The molecule has 2 fully saturated rings. The Hall–Kier alpha value is -1.10. The summed E-state index contributed by atoms with van der Waals surface area (Å²) >= 11 is 0. The van der Waals surface area contributed by atoms with E-state index in [1.807, 2.05) is 4.90 Å². The number of piperazine rings is 1. The lowest BCUT2D eigenvalue weighted by atomic mass is 10.1. The molecule has 0 radical (unpaired) electrons.